The molecule has 4 rings (SSSR count). The summed E-state index contributed by atoms with van der Waals surface area (Å²) in [5, 5.41) is 0. The zero-order valence-corrected chi connectivity index (χ0v) is 19.3. The molecule has 1 amide bonds. The zero-order valence-electron chi connectivity index (χ0n) is 18.5. The maximum absolute atomic E-state index is 14.9. The van der Waals surface area contributed by atoms with Gasteiger partial charge in [-0.15, -0.1) is 11.8 Å². The van der Waals surface area contributed by atoms with E-state index in [1.165, 1.54) is 17.8 Å². The maximum atomic E-state index is 14.9. The van der Waals surface area contributed by atoms with Crippen LogP contribution in [0.4, 0.5) is 10.1 Å². The minimum atomic E-state index is -0.609. The van der Waals surface area contributed by atoms with Crippen molar-refractivity contribution in [2.45, 2.75) is 64.2 Å². The largest absolute Gasteiger partial charge is 0.494 e. The molecule has 2 heterocycles. The molecule has 2 aliphatic heterocycles. The molecule has 2 aliphatic rings. The van der Waals surface area contributed by atoms with Crippen LogP contribution < -0.4 is 10.4 Å². The van der Waals surface area contributed by atoms with E-state index in [2.05, 4.69) is 0 Å². The Morgan fingerprint density at radius 2 is 1.70 bits per heavy atom. The fourth-order valence-corrected chi connectivity index (χ4v) is 4.25. The number of amides is 1. The molecule has 2 aromatic carbocycles. The van der Waals surface area contributed by atoms with Crippen molar-refractivity contribution in [2.24, 2.45) is 0 Å². The molecule has 30 heavy (non-hydrogen) atoms. The first kappa shape index (κ1) is 22.9. The number of hydrogen-bond donors (Lipinski definition) is 0. The summed E-state index contributed by atoms with van der Waals surface area (Å²) < 4.78 is 26.9. The molecule has 160 valence electrons. The van der Waals surface area contributed by atoms with Crippen molar-refractivity contribution < 1.29 is 18.5 Å². The van der Waals surface area contributed by atoms with Crippen LogP contribution in [0, 0.1) is 5.82 Å². The molecular weight excluding hydrogens is 400 g/mol. The summed E-state index contributed by atoms with van der Waals surface area (Å²) in [5.74, 6) is -0.0150. The molecule has 0 atom stereocenters. The Hall–Kier alpha value is -1.83. The maximum Gasteiger partial charge on any atom is 0.494 e. The number of fused-ring (bicyclic) bond motifs is 1. The minimum Gasteiger partial charge on any atom is -0.399 e. The molecule has 0 unspecified atom stereocenters. The van der Waals surface area contributed by atoms with Gasteiger partial charge in [-0.25, -0.2) is 4.39 Å². The number of nitrogens with zero attached hydrogens (tertiary/aromatic N) is 1. The van der Waals surface area contributed by atoms with Crippen LogP contribution in [-0.2, 0) is 20.6 Å². The van der Waals surface area contributed by atoms with Crippen LogP contribution in [0.2, 0.25) is 0 Å². The quantitative estimate of drug-likeness (QED) is 0.658. The Kier molecular flexibility index (Phi) is 6.65. The summed E-state index contributed by atoms with van der Waals surface area (Å²) in [7, 11) is -0.609. The number of rotatable bonds is 3. The van der Waals surface area contributed by atoms with Gasteiger partial charge < -0.3 is 14.2 Å². The average molecular weight is 429 g/mol. The van der Waals surface area contributed by atoms with Crippen LogP contribution >= 0.6 is 11.8 Å². The van der Waals surface area contributed by atoms with Crippen LogP contribution in [0.5, 0.6) is 0 Å². The number of carbonyl (C=O) groups is 1. The third-order valence-corrected chi connectivity index (χ3v) is 6.79. The van der Waals surface area contributed by atoms with Gasteiger partial charge in [-0.2, -0.15) is 0 Å². The lowest BCUT2D eigenvalue weighted by atomic mass is 9.78. The Morgan fingerprint density at radius 1 is 1.07 bits per heavy atom. The van der Waals surface area contributed by atoms with Gasteiger partial charge in [-0.05, 0) is 51.4 Å². The topological polar surface area (TPSA) is 38.8 Å². The molecule has 1 fully saturated rings. The van der Waals surface area contributed by atoms with Gasteiger partial charge in [0.15, 0.2) is 0 Å². The Balaban J connectivity index is 0.00000124. The van der Waals surface area contributed by atoms with Crippen molar-refractivity contribution >= 4 is 35.9 Å². The van der Waals surface area contributed by atoms with Crippen molar-refractivity contribution in [2.75, 3.05) is 10.7 Å². The fourth-order valence-electron chi connectivity index (χ4n) is 3.32. The van der Waals surface area contributed by atoms with E-state index in [1.54, 1.807) is 11.0 Å². The molecule has 0 aromatic heterocycles. The van der Waals surface area contributed by atoms with Crippen LogP contribution in [-0.4, -0.2) is 30.0 Å². The molecule has 1 saturated heterocycles. The van der Waals surface area contributed by atoms with Crippen molar-refractivity contribution in [3.05, 3.63) is 53.8 Å². The number of thioether (sulfide) groups is 1. The zero-order chi connectivity index (χ0) is 22.1. The van der Waals surface area contributed by atoms with Crippen molar-refractivity contribution in [3.63, 3.8) is 0 Å². The molecule has 0 radical (unpaired) electrons. The normalized spacial score (nSPS) is 19.2. The number of halogens is 1. The van der Waals surface area contributed by atoms with E-state index >= 15 is 0 Å². The third kappa shape index (κ3) is 4.29. The number of para-hydroxylation sites is 1. The van der Waals surface area contributed by atoms with E-state index < -0.39 is 18.3 Å². The third-order valence-electron chi connectivity index (χ3n) is 5.74. The highest BCUT2D eigenvalue weighted by atomic mass is 32.2. The molecule has 2 aromatic rings. The van der Waals surface area contributed by atoms with Gasteiger partial charge in [-0.1, -0.05) is 38.1 Å². The van der Waals surface area contributed by atoms with Gasteiger partial charge in [0.1, 0.15) is 5.82 Å². The lowest BCUT2D eigenvalue weighted by molar-refractivity contribution is -0.116. The van der Waals surface area contributed by atoms with Crippen LogP contribution in [0.1, 0.15) is 47.1 Å². The molecule has 7 heteroatoms. The van der Waals surface area contributed by atoms with E-state index in [0.717, 1.165) is 10.6 Å². The summed E-state index contributed by atoms with van der Waals surface area (Å²) >= 11 is 1.52. The van der Waals surface area contributed by atoms with Gasteiger partial charge in [0.2, 0.25) is 5.91 Å². The first-order valence-electron chi connectivity index (χ1n) is 10.3. The summed E-state index contributed by atoms with van der Waals surface area (Å²) in [6, 6.07) is 12.7. The smallest absolute Gasteiger partial charge is 0.399 e. The predicted molar refractivity (Wildman–Crippen MR) is 122 cm³/mol. The summed E-state index contributed by atoms with van der Waals surface area (Å²) in [4.78, 5) is 15.1. The van der Waals surface area contributed by atoms with Crippen LogP contribution in [0.15, 0.2) is 47.4 Å². The number of benzene rings is 2. The Labute approximate surface area is 183 Å². The molecule has 0 aliphatic carbocycles. The van der Waals surface area contributed by atoms with Gasteiger partial charge in [-0.3, -0.25) is 4.79 Å². The summed E-state index contributed by atoms with van der Waals surface area (Å²) in [6.45, 7) is 12.1. The molecule has 0 N–H and O–H groups in total. The van der Waals surface area contributed by atoms with Crippen molar-refractivity contribution in [1.82, 2.24) is 0 Å². The first-order valence-corrected chi connectivity index (χ1v) is 11.3. The lowest BCUT2D eigenvalue weighted by Crippen LogP contribution is -2.41. The lowest BCUT2D eigenvalue weighted by Gasteiger charge is -2.32. The van der Waals surface area contributed by atoms with Gasteiger partial charge in [0.05, 0.1) is 29.2 Å². The fraction of sp³-hybridized carbons (Fsp3) is 0.435. The molecule has 0 bridgehead atoms. The van der Waals surface area contributed by atoms with E-state index in [-0.39, 0.29) is 18.3 Å². The SMILES string of the molecule is CC.CC1(C)OB(c2ccc(CN3C(=O)CSc4ccccc43)c(F)c2)OC1(C)C. The number of carbonyl (C=O) groups excluding carboxylic acids is 1. The second-order valence-corrected chi connectivity index (χ2v) is 9.19. The highest BCUT2D eigenvalue weighted by Crippen LogP contribution is 2.37. The minimum absolute atomic E-state index is 0.0156. The Bertz CT molecular complexity index is 918. The van der Waals surface area contributed by atoms with Crippen molar-refractivity contribution in [3.8, 4) is 0 Å². The number of anilines is 1. The number of hydrogen-bond acceptors (Lipinski definition) is 4. The van der Waals surface area contributed by atoms with E-state index in [1.807, 2.05) is 71.9 Å². The highest BCUT2D eigenvalue weighted by Gasteiger charge is 2.51. The predicted octanol–water partition coefficient (Wildman–Crippen LogP) is 4.79. The van der Waals surface area contributed by atoms with Gasteiger partial charge in [0, 0.05) is 10.5 Å². The highest BCUT2D eigenvalue weighted by molar-refractivity contribution is 8.00. The monoisotopic (exact) mass is 429 g/mol. The van der Waals surface area contributed by atoms with Crippen LogP contribution in [0.25, 0.3) is 0 Å². The first-order chi connectivity index (χ1) is 14.2. The van der Waals surface area contributed by atoms with E-state index in [4.69, 9.17) is 9.31 Å². The van der Waals surface area contributed by atoms with E-state index in [9.17, 15) is 9.18 Å². The Morgan fingerprint density at radius 3 is 2.33 bits per heavy atom. The molecule has 0 saturated carbocycles. The van der Waals surface area contributed by atoms with Gasteiger partial charge in [0.25, 0.3) is 0 Å². The second kappa shape index (κ2) is 8.73. The summed E-state index contributed by atoms with van der Waals surface area (Å²) in [5.41, 5.74) is 0.984. The molecule has 4 nitrogen and oxygen atoms in total. The molecular formula is C23H29BFNO3S. The van der Waals surface area contributed by atoms with Crippen LogP contribution in [0.3, 0.4) is 0 Å². The van der Waals surface area contributed by atoms with Crippen molar-refractivity contribution in [1.29, 1.82) is 0 Å². The molecule has 0 spiro atoms. The average Bonchev–Trinajstić information content (AvgIpc) is 2.94. The van der Waals surface area contributed by atoms with Gasteiger partial charge >= 0.3 is 7.12 Å². The summed E-state index contributed by atoms with van der Waals surface area (Å²) in [6.07, 6.45) is 0. The second-order valence-electron chi connectivity index (χ2n) is 8.18. The van der Waals surface area contributed by atoms with E-state index in [0.29, 0.717) is 16.8 Å². The standard InChI is InChI=1S/C21H23BFNO3S.C2H6/c1-20(2)21(3,4)27-22(26-20)15-10-9-14(16(23)11-15)12-24-17-7-5-6-8-18(17)28-13-19(24)25;1-2/h5-11H,12-13H2,1-4H3;1-2H3.